The van der Waals surface area contributed by atoms with E-state index >= 15 is 0 Å². The summed E-state index contributed by atoms with van der Waals surface area (Å²) < 4.78 is 0. The summed E-state index contributed by atoms with van der Waals surface area (Å²) in [4.78, 5) is 12.0. The Labute approximate surface area is 92.1 Å². The van der Waals surface area contributed by atoms with Crippen molar-refractivity contribution in [2.45, 2.75) is 57.5 Å². The topological polar surface area (TPSA) is 29.1 Å². The highest BCUT2D eigenvalue weighted by atomic mass is 16.1. The number of hydrogen-bond donors (Lipinski definition) is 1. The zero-order valence-electron chi connectivity index (χ0n) is 9.59. The largest absolute Gasteiger partial charge is 0.311 e. The molecule has 2 saturated heterocycles. The van der Waals surface area contributed by atoms with Gasteiger partial charge in [-0.25, -0.2) is 0 Å². The lowest BCUT2D eigenvalue weighted by molar-refractivity contribution is -0.124. The SMILES string of the molecule is C=C(C)CC(=O)C1CC2CCCC(C1)N2. The summed E-state index contributed by atoms with van der Waals surface area (Å²) in [5, 5.41) is 3.62. The van der Waals surface area contributed by atoms with Crippen LogP contribution in [0.25, 0.3) is 0 Å². The van der Waals surface area contributed by atoms with E-state index in [1.807, 2.05) is 6.92 Å². The van der Waals surface area contributed by atoms with Crippen molar-refractivity contribution in [2.24, 2.45) is 5.92 Å². The Morgan fingerprint density at radius 3 is 2.47 bits per heavy atom. The minimum Gasteiger partial charge on any atom is -0.311 e. The van der Waals surface area contributed by atoms with E-state index in [1.165, 1.54) is 19.3 Å². The molecule has 2 heteroatoms. The van der Waals surface area contributed by atoms with Gasteiger partial charge in [-0.1, -0.05) is 18.6 Å². The number of rotatable bonds is 3. The summed E-state index contributed by atoms with van der Waals surface area (Å²) in [7, 11) is 0. The number of Topliss-reactive ketones (excluding diaryl/α,β-unsaturated/α-hetero) is 1. The standard InChI is InChI=1S/C13H21NO/c1-9(2)6-13(15)10-7-11-4-3-5-12(8-10)14-11/h10-12,14H,1,3-8H2,2H3. The van der Waals surface area contributed by atoms with E-state index in [-0.39, 0.29) is 0 Å². The molecule has 2 aliphatic heterocycles. The number of fused-ring (bicyclic) bond motifs is 2. The molecule has 0 aromatic carbocycles. The van der Waals surface area contributed by atoms with E-state index in [0.717, 1.165) is 18.4 Å². The summed E-state index contributed by atoms with van der Waals surface area (Å²) >= 11 is 0. The maximum Gasteiger partial charge on any atom is 0.140 e. The lowest BCUT2D eigenvalue weighted by Crippen LogP contribution is -2.50. The van der Waals surface area contributed by atoms with Crippen molar-refractivity contribution in [2.75, 3.05) is 0 Å². The van der Waals surface area contributed by atoms with E-state index in [9.17, 15) is 4.79 Å². The summed E-state index contributed by atoms with van der Waals surface area (Å²) in [6, 6.07) is 1.22. The van der Waals surface area contributed by atoms with Gasteiger partial charge in [-0.2, -0.15) is 0 Å². The average molecular weight is 207 g/mol. The van der Waals surface area contributed by atoms with Crippen LogP contribution in [0.5, 0.6) is 0 Å². The van der Waals surface area contributed by atoms with Crippen molar-refractivity contribution in [3.05, 3.63) is 12.2 Å². The van der Waals surface area contributed by atoms with Crippen LogP contribution in [-0.4, -0.2) is 17.9 Å². The molecule has 2 rings (SSSR count). The molecule has 2 atom stereocenters. The maximum atomic E-state index is 12.0. The molecule has 0 amide bonds. The Bertz CT molecular complexity index is 260. The van der Waals surface area contributed by atoms with E-state index in [2.05, 4.69) is 11.9 Å². The lowest BCUT2D eigenvalue weighted by Gasteiger charge is -2.39. The first-order valence-electron chi connectivity index (χ1n) is 6.08. The first-order valence-corrected chi connectivity index (χ1v) is 6.08. The Morgan fingerprint density at radius 2 is 1.93 bits per heavy atom. The molecule has 2 heterocycles. The highest BCUT2D eigenvalue weighted by Crippen LogP contribution is 2.31. The molecule has 2 aliphatic rings. The number of allylic oxidation sites excluding steroid dienone is 1. The van der Waals surface area contributed by atoms with Crippen LogP contribution in [0.3, 0.4) is 0 Å². The maximum absolute atomic E-state index is 12.0. The Kier molecular flexibility index (Phi) is 3.25. The highest BCUT2D eigenvalue weighted by Gasteiger charge is 2.34. The molecule has 2 unspecified atom stereocenters. The van der Waals surface area contributed by atoms with E-state index in [4.69, 9.17) is 0 Å². The first kappa shape index (κ1) is 10.9. The van der Waals surface area contributed by atoms with Gasteiger partial charge in [-0.05, 0) is 32.6 Å². The zero-order valence-corrected chi connectivity index (χ0v) is 9.59. The molecule has 0 aliphatic carbocycles. The van der Waals surface area contributed by atoms with Crippen LogP contribution in [0, 0.1) is 5.92 Å². The second-order valence-corrected chi connectivity index (χ2v) is 5.26. The second kappa shape index (κ2) is 4.48. The van der Waals surface area contributed by atoms with E-state index < -0.39 is 0 Å². The molecule has 84 valence electrons. The first-order chi connectivity index (χ1) is 7.15. The fraction of sp³-hybridized carbons (Fsp3) is 0.769. The van der Waals surface area contributed by atoms with Crippen molar-refractivity contribution >= 4 is 5.78 Å². The van der Waals surface area contributed by atoms with Gasteiger partial charge in [-0.15, -0.1) is 0 Å². The summed E-state index contributed by atoms with van der Waals surface area (Å²) in [5.74, 6) is 0.721. The second-order valence-electron chi connectivity index (χ2n) is 5.26. The van der Waals surface area contributed by atoms with Crippen LogP contribution in [0.15, 0.2) is 12.2 Å². The van der Waals surface area contributed by atoms with E-state index in [0.29, 0.717) is 30.2 Å². The van der Waals surface area contributed by atoms with Crippen molar-refractivity contribution in [3.63, 3.8) is 0 Å². The van der Waals surface area contributed by atoms with Gasteiger partial charge in [0.2, 0.25) is 0 Å². The molecular weight excluding hydrogens is 186 g/mol. The number of carbonyl (C=O) groups excluding carboxylic acids is 1. The van der Waals surface area contributed by atoms with Gasteiger partial charge in [0.1, 0.15) is 5.78 Å². The van der Waals surface area contributed by atoms with Crippen LogP contribution in [0.1, 0.15) is 45.4 Å². The van der Waals surface area contributed by atoms with Crippen molar-refractivity contribution in [1.82, 2.24) is 5.32 Å². The molecule has 0 saturated carbocycles. The third-order valence-electron chi connectivity index (χ3n) is 3.65. The van der Waals surface area contributed by atoms with Gasteiger partial charge < -0.3 is 5.32 Å². The smallest absolute Gasteiger partial charge is 0.140 e. The number of hydrogen-bond acceptors (Lipinski definition) is 2. The van der Waals surface area contributed by atoms with Crippen LogP contribution in [0.4, 0.5) is 0 Å². The third-order valence-corrected chi connectivity index (χ3v) is 3.65. The van der Waals surface area contributed by atoms with Crippen molar-refractivity contribution in [1.29, 1.82) is 0 Å². The summed E-state index contributed by atoms with van der Waals surface area (Å²) in [5.41, 5.74) is 1.00. The molecule has 0 radical (unpaired) electrons. The normalized spacial score (nSPS) is 34.9. The molecule has 0 aromatic heterocycles. The monoisotopic (exact) mass is 207 g/mol. The number of piperidine rings is 2. The quantitative estimate of drug-likeness (QED) is 0.720. The molecule has 2 bridgehead atoms. The zero-order chi connectivity index (χ0) is 10.8. The molecule has 1 N–H and O–H groups in total. The van der Waals surface area contributed by atoms with Gasteiger partial charge in [0, 0.05) is 24.4 Å². The van der Waals surface area contributed by atoms with Crippen LogP contribution >= 0.6 is 0 Å². The van der Waals surface area contributed by atoms with Crippen molar-refractivity contribution < 1.29 is 4.79 Å². The lowest BCUT2D eigenvalue weighted by atomic mass is 9.77. The number of carbonyl (C=O) groups is 1. The third kappa shape index (κ3) is 2.69. The van der Waals surface area contributed by atoms with Gasteiger partial charge >= 0.3 is 0 Å². The average Bonchev–Trinajstić information content (AvgIpc) is 2.16. The Balaban J connectivity index is 1.93. The summed E-state index contributed by atoms with van der Waals surface area (Å²) in [6.45, 7) is 5.77. The van der Waals surface area contributed by atoms with Crippen LogP contribution in [0.2, 0.25) is 0 Å². The Hall–Kier alpha value is -0.630. The molecule has 2 fully saturated rings. The fourth-order valence-electron chi connectivity index (χ4n) is 2.97. The predicted molar refractivity (Wildman–Crippen MR) is 61.7 cm³/mol. The predicted octanol–water partition coefficient (Wildman–Crippen LogP) is 2.44. The van der Waals surface area contributed by atoms with Gasteiger partial charge in [-0.3, -0.25) is 4.79 Å². The minimum absolute atomic E-state index is 0.304. The molecular formula is C13H21NO. The highest BCUT2D eigenvalue weighted by molar-refractivity contribution is 5.83. The van der Waals surface area contributed by atoms with Crippen LogP contribution < -0.4 is 5.32 Å². The summed E-state index contributed by atoms with van der Waals surface area (Å²) in [6.07, 6.45) is 6.56. The molecule has 0 aromatic rings. The van der Waals surface area contributed by atoms with Gasteiger partial charge in [0.05, 0.1) is 0 Å². The van der Waals surface area contributed by atoms with Crippen molar-refractivity contribution in [3.8, 4) is 0 Å². The van der Waals surface area contributed by atoms with Crippen LogP contribution in [-0.2, 0) is 4.79 Å². The van der Waals surface area contributed by atoms with E-state index in [1.54, 1.807) is 0 Å². The van der Waals surface area contributed by atoms with Gasteiger partial charge in [0.25, 0.3) is 0 Å². The molecule has 2 nitrogen and oxygen atoms in total. The number of ketones is 1. The fourth-order valence-corrected chi connectivity index (χ4v) is 2.97. The molecule has 15 heavy (non-hydrogen) atoms. The minimum atomic E-state index is 0.304. The number of nitrogens with one attached hydrogen (secondary N) is 1. The Morgan fingerprint density at radius 1 is 1.33 bits per heavy atom. The molecule has 0 spiro atoms. The van der Waals surface area contributed by atoms with Gasteiger partial charge in [0.15, 0.2) is 0 Å².